The lowest BCUT2D eigenvalue weighted by Gasteiger charge is -1.86. The Kier molecular flexibility index (Phi) is 2.80. The zero-order chi connectivity index (χ0) is 7.40. The molecule has 0 amide bonds. The molecule has 0 bridgehead atoms. The van der Waals surface area contributed by atoms with E-state index in [1.807, 2.05) is 0 Å². The molecular weight excluding hydrogens is 150 g/mol. The number of aliphatic hydroxyl groups excluding tert-OH is 2. The Hall–Kier alpha value is -0.450. The van der Waals surface area contributed by atoms with E-state index in [1.54, 1.807) is 5.38 Å². The van der Waals surface area contributed by atoms with Gasteiger partial charge in [-0.15, -0.1) is 11.3 Å². The molecular formula is C6H9NO2S. The number of hydrogen-bond acceptors (Lipinski definition) is 4. The second-order valence-electron chi connectivity index (χ2n) is 1.86. The van der Waals surface area contributed by atoms with Gasteiger partial charge in [-0.1, -0.05) is 0 Å². The van der Waals surface area contributed by atoms with Crippen molar-refractivity contribution in [2.24, 2.45) is 0 Å². The molecule has 1 aromatic rings. The summed E-state index contributed by atoms with van der Waals surface area (Å²) < 4.78 is 0. The van der Waals surface area contributed by atoms with Gasteiger partial charge in [0.1, 0.15) is 0 Å². The second kappa shape index (κ2) is 3.65. The van der Waals surface area contributed by atoms with Gasteiger partial charge in [-0.3, -0.25) is 0 Å². The molecule has 3 nitrogen and oxygen atoms in total. The zero-order valence-electron chi connectivity index (χ0n) is 5.45. The van der Waals surface area contributed by atoms with Gasteiger partial charge in [-0.05, 0) is 0 Å². The van der Waals surface area contributed by atoms with E-state index >= 15 is 0 Å². The first-order valence-electron chi connectivity index (χ1n) is 3.02. The van der Waals surface area contributed by atoms with Crippen molar-refractivity contribution in [3.8, 4) is 0 Å². The van der Waals surface area contributed by atoms with E-state index in [2.05, 4.69) is 4.98 Å². The Morgan fingerprint density at radius 2 is 2.30 bits per heavy atom. The zero-order valence-corrected chi connectivity index (χ0v) is 6.27. The van der Waals surface area contributed by atoms with Crippen molar-refractivity contribution in [3.05, 3.63) is 16.1 Å². The lowest BCUT2D eigenvalue weighted by atomic mass is 10.5. The van der Waals surface area contributed by atoms with Crippen LogP contribution in [0.1, 0.15) is 10.7 Å². The van der Waals surface area contributed by atoms with Gasteiger partial charge in [-0.25, -0.2) is 4.98 Å². The summed E-state index contributed by atoms with van der Waals surface area (Å²) >= 11 is 1.47. The molecule has 0 fully saturated rings. The smallest absolute Gasteiger partial charge is 0.0952 e. The molecule has 0 spiro atoms. The van der Waals surface area contributed by atoms with E-state index in [0.717, 1.165) is 5.01 Å². The second-order valence-corrected chi connectivity index (χ2v) is 2.81. The van der Waals surface area contributed by atoms with Crippen LogP contribution in [0.15, 0.2) is 5.38 Å². The Balaban J connectivity index is 2.59. The molecule has 0 unspecified atom stereocenters. The van der Waals surface area contributed by atoms with Crippen LogP contribution >= 0.6 is 11.3 Å². The number of hydrogen-bond donors (Lipinski definition) is 2. The van der Waals surface area contributed by atoms with E-state index in [0.29, 0.717) is 12.1 Å². The van der Waals surface area contributed by atoms with Crippen molar-refractivity contribution < 1.29 is 10.2 Å². The molecule has 2 N–H and O–H groups in total. The fourth-order valence-electron chi connectivity index (χ4n) is 0.632. The van der Waals surface area contributed by atoms with Gasteiger partial charge in [0.05, 0.1) is 17.3 Å². The molecule has 56 valence electrons. The summed E-state index contributed by atoms with van der Waals surface area (Å²) in [6, 6.07) is 0. The number of aromatic nitrogens is 1. The highest BCUT2D eigenvalue weighted by atomic mass is 32.1. The summed E-state index contributed by atoms with van der Waals surface area (Å²) in [6.07, 6.45) is 0.588. The average molecular weight is 159 g/mol. The Bertz CT molecular complexity index is 199. The van der Waals surface area contributed by atoms with Crippen molar-refractivity contribution in [1.82, 2.24) is 4.98 Å². The van der Waals surface area contributed by atoms with Crippen molar-refractivity contribution in [2.75, 3.05) is 6.61 Å². The first-order valence-corrected chi connectivity index (χ1v) is 3.89. The quantitative estimate of drug-likeness (QED) is 0.661. The minimum absolute atomic E-state index is 0.0120. The molecule has 10 heavy (non-hydrogen) atoms. The fraction of sp³-hybridized carbons (Fsp3) is 0.500. The molecule has 0 radical (unpaired) electrons. The maximum absolute atomic E-state index is 8.60. The van der Waals surface area contributed by atoms with Crippen LogP contribution in [0.5, 0.6) is 0 Å². The highest BCUT2D eigenvalue weighted by Crippen LogP contribution is 2.09. The largest absolute Gasteiger partial charge is 0.396 e. The van der Waals surface area contributed by atoms with Gasteiger partial charge in [0.25, 0.3) is 0 Å². The molecule has 1 rings (SSSR count). The maximum atomic E-state index is 8.60. The van der Waals surface area contributed by atoms with Crippen LogP contribution in [-0.2, 0) is 13.0 Å². The van der Waals surface area contributed by atoms with Gasteiger partial charge < -0.3 is 10.2 Å². The van der Waals surface area contributed by atoms with Gasteiger partial charge in [0.15, 0.2) is 0 Å². The summed E-state index contributed by atoms with van der Waals surface area (Å²) in [5, 5.41) is 19.8. The SMILES string of the molecule is OCCc1nc(CO)cs1. The number of nitrogens with zero attached hydrogens (tertiary/aromatic N) is 1. The molecule has 1 heterocycles. The van der Waals surface area contributed by atoms with Gasteiger partial charge in [0, 0.05) is 18.4 Å². The Labute approximate surface area is 63.0 Å². The fourth-order valence-corrected chi connectivity index (χ4v) is 1.41. The molecule has 1 aromatic heterocycles. The van der Waals surface area contributed by atoms with Gasteiger partial charge >= 0.3 is 0 Å². The summed E-state index contributed by atoms with van der Waals surface area (Å²) in [5.74, 6) is 0. The van der Waals surface area contributed by atoms with Crippen LogP contribution in [0.4, 0.5) is 0 Å². The highest BCUT2D eigenvalue weighted by molar-refractivity contribution is 7.09. The van der Waals surface area contributed by atoms with Crippen molar-refractivity contribution in [1.29, 1.82) is 0 Å². The minimum Gasteiger partial charge on any atom is -0.396 e. The summed E-state index contributed by atoms with van der Waals surface area (Å²) in [5.41, 5.74) is 0.688. The monoisotopic (exact) mass is 159 g/mol. The number of rotatable bonds is 3. The van der Waals surface area contributed by atoms with Crippen molar-refractivity contribution >= 4 is 11.3 Å². The molecule has 0 saturated carbocycles. The first kappa shape index (κ1) is 7.65. The van der Waals surface area contributed by atoms with Crippen LogP contribution < -0.4 is 0 Å². The predicted molar refractivity (Wildman–Crippen MR) is 38.8 cm³/mol. The van der Waals surface area contributed by atoms with Gasteiger partial charge in [0.2, 0.25) is 0 Å². The van der Waals surface area contributed by atoms with Crippen LogP contribution in [0, 0.1) is 0 Å². The summed E-state index contributed by atoms with van der Waals surface area (Å²) in [6.45, 7) is 0.111. The van der Waals surface area contributed by atoms with E-state index in [1.165, 1.54) is 11.3 Å². The minimum atomic E-state index is -0.0120. The third kappa shape index (κ3) is 1.76. The maximum Gasteiger partial charge on any atom is 0.0952 e. The topological polar surface area (TPSA) is 53.4 Å². The van der Waals surface area contributed by atoms with E-state index < -0.39 is 0 Å². The highest BCUT2D eigenvalue weighted by Gasteiger charge is 1.98. The van der Waals surface area contributed by atoms with Crippen molar-refractivity contribution in [3.63, 3.8) is 0 Å². The molecule has 0 aliphatic carbocycles. The molecule has 4 heteroatoms. The van der Waals surface area contributed by atoms with Crippen LogP contribution in [0.2, 0.25) is 0 Å². The van der Waals surface area contributed by atoms with Crippen LogP contribution in [-0.4, -0.2) is 21.8 Å². The van der Waals surface area contributed by atoms with Crippen LogP contribution in [0.3, 0.4) is 0 Å². The Morgan fingerprint density at radius 3 is 2.80 bits per heavy atom. The molecule has 0 aliphatic rings. The third-order valence-electron chi connectivity index (χ3n) is 1.09. The van der Waals surface area contributed by atoms with Crippen molar-refractivity contribution in [2.45, 2.75) is 13.0 Å². The molecule has 0 saturated heterocycles. The lowest BCUT2D eigenvalue weighted by molar-refractivity contribution is 0.276. The molecule has 0 atom stereocenters. The van der Waals surface area contributed by atoms with E-state index in [-0.39, 0.29) is 13.2 Å². The van der Waals surface area contributed by atoms with E-state index in [9.17, 15) is 0 Å². The van der Waals surface area contributed by atoms with Gasteiger partial charge in [-0.2, -0.15) is 0 Å². The van der Waals surface area contributed by atoms with E-state index in [4.69, 9.17) is 10.2 Å². The predicted octanol–water partition coefficient (Wildman–Crippen LogP) is 0.170. The third-order valence-corrected chi connectivity index (χ3v) is 2.04. The van der Waals surface area contributed by atoms with Crippen LogP contribution in [0.25, 0.3) is 0 Å². The number of aliphatic hydroxyl groups is 2. The summed E-state index contributed by atoms with van der Waals surface area (Å²) in [4.78, 5) is 4.03. The Morgan fingerprint density at radius 1 is 1.50 bits per heavy atom. The standard InChI is InChI=1S/C6H9NO2S/c8-2-1-6-7-5(3-9)4-10-6/h4,8-9H,1-3H2. The normalized spacial score (nSPS) is 10.2. The number of thiazole rings is 1. The first-order chi connectivity index (χ1) is 4.86. The molecule has 0 aliphatic heterocycles. The lowest BCUT2D eigenvalue weighted by Crippen LogP contribution is -1.90. The molecule has 0 aromatic carbocycles. The average Bonchev–Trinajstić information content (AvgIpc) is 2.37. The summed E-state index contributed by atoms with van der Waals surface area (Å²) in [7, 11) is 0.